The first-order valence-corrected chi connectivity index (χ1v) is 9.19. The van der Waals surface area contributed by atoms with E-state index in [-0.39, 0.29) is 5.91 Å². The highest BCUT2D eigenvalue weighted by Crippen LogP contribution is 2.18. The van der Waals surface area contributed by atoms with Gasteiger partial charge < -0.3 is 15.0 Å². The summed E-state index contributed by atoms with van der Waals surface area (Å²) in [7, 11) is 0. The number of amides is 1. The number of anilines is 2. The summed E-state index contributed by atoms with van der Waals surface area (Å²) < 4.78 is 1.94. The normalized spacial score (nSPS) is 10.9. The number of rotatable bonds is 7. The lowest BCUT2D eigenvalue weighted by molar-refractivity contribution is 0.102. The molecule has 26 heavy (non-hydrogen) atoms. The third-order valence-electron chi connectivity index (χ3n) is 4.44. The van der Waals surface area contributed by atoms with E-state index in [9.17, 15) is 4.79 Å². The van der Waals surface area contributed by atoms with Gasteiger partial charge in [0.15, 0.2) is 0 Å². The number of carbonyl (C=O) groups is 1. The van der Waals surface area contributed by atoms with Crippen molar-refractivity contribution in [3.8, 4) is 0 Å². The van der Waals surface area contributed by atoms with Gasteiger partial charge in [-0.3, -0.25) is 4.79 Å². The Hall–Kier alpha value is -2.82. The van der Waals surface area contributed by atoms with Crippen LogP contribution in [0.1, 0.15) is 47.9 Å². The molecular formula is C21H26N4O. The second kappa shape index (κ2) is 8.04. The van der Waals surface area contributed by atoms with Gasteiger partial charge in [0.05, 0.1) is 5.56 Å². The van der Waals surface area contributed by atoms with Gasteiger partial charge in [-0.05, 0) is 56.7 Å². The molecule has 0 atom stereocenters. The fourth-order valence-electron chi connectivity index (χ4n) is 3.05. The predicted octanol–water partition coefficient (Wildman–Crippen LogP) is 4.81. The van der Waals surface area contributed by atoms with E-state index in [0.717, 1.165) is 29.3 Å². The minimum absolute atomic E-state index is 0.145. The molecular weight excluding hydrogens is 324 g/mol. The molecule has 2 aromatic heterocycles. The molecule has 0 unspecified atom stereocenters. The highest BCUT2D eigenvalue weighted by molar-refractivity contribution is 6.08. The molecule has 0 bridgehead atoms. The molecule has 0 radical (unpaired) electrons. The maximum Gasteiger partial charge on any atom is 0.259 e. The lowest BCUT2D eigenvalue weighted by Crippen LogP contribution is -2.12. The number of aryl methyl sites for hydroxylation is 2. The summed E-state index contributed by atoms with van der Waals surface area (Å²) in [5.41, 5.74) is 5.08. The van der Waals surface area contributed by atoms with E-state index < -0.39 is 0 Å². The molecule has 5 heteroatoms. The molecule has 0 spiro atoms. The van der Waals surface area contributed by atoms with Gasteiger partial charge in [-0.1, -0.05) is 19.8 Å². The van der Waals surface area contributed by atoms with E-state index in [1.165, 1.54) is 19.3 Å². The van der Waals surface area contributed by atoms with Crippen molar-refractivity contribution in [3.05, 3.63) is 59.5 Å². The number of aromatic nitrogens is 2. The number of carbonyl (C=O) groups excluding carboxylic acids is 1. The van der Waals surface area contributed by atoms with Crippen molar-refractivity contribution in [2.24, 2.45) is 0 Å². The molecule has 0 saturated carbocycles. The zero-order chi connectivity index (χ0) is 18.5. The van der Waals surface area contributed by atoms with E-state index in [2.05, 4.69) is 22.5 Å². The van der Waals surface area contributed by atoms with Crippen LogP contribution in [0, 0.1) is 13.8 Å². The van der Waals surface area contributed by atoms with Crippen LogP contribution in [0.2, 0.25) is 0 Å². The van der Waals surface area contributed by atoms with Crippen molar-refractivity contribution in [2.45, 2.75) is 40.0 Å². The van der Waals surface area contributed by atoms with E-state index in [1.807, 2.05) is 60.8 Å². The fourth-order valence-corrected chi connectivity index (χ4v) is 3.05. The van der Waals surface area contributed by atoms with E-state index >= 15 is 0 Å². The Bertz CT molecular complexity index is 896. The van der Waals surface area contributed by atoms with E-state index in [0.29, 0.717) is 11.2 Å². The Kier molecular flexibility index (Phi) is 5.56. The van der Waals surface area contributed by atoms with Gasteiger partial charge in [-0.25, -0.2) is 4.98 Å². The molecule has 0 aliphatic rings. The van der Waals surface area contributed by atoms with Crippen LogP contribution in [0.15, 0.2) is 42.6 Å². The second-order valence-corrected chi connectivity index (χ2v) is 6.63. The highest BCUT2D eigenvalue weighted by atomic mass is 16.1. The lowest BCUT2D eigenvalue weighted by atomic mass is 10.2. The zero-order valence-electron chi connectivity index (χ0n) is 15.7. The SMILES string of the molecule is CCCCCNc1ccc(NC(=O)c2ccn3c(C)cc(C)nc23)cc1. The van der Waals surface area contributed by atoms with Crippen molar-refractivity contribution in [3.63, 3.8) is 0 Å². The number of nitrogens with one attached hydrogen (secondary N) is 2. The van der Waals surface area contributed by atoms with Crippen molar-refractivity contribution in [1.29, 1.82) is 0 Å². The molecule has 0 fully saturated rings. The summed E-state index contributed by atoms with van der Waals surface area (Å²) in [6.45, 7) is 7.12. The number of hydrogen-bond donors (Lipinski definition) is 2. The fraction of sp³-hybridized carbons (Fsp3) is 0.333. The Morgan fingerprint density at radius 1 is 1.08 bits per heavy atom. The summed E-state index contributed by atoms with van der Waals surface area (Å²) in [5, 5.41) is 6.36. The van der Waals surface area contributed by atoms with Crippen LogP contribution in [0.5, 0.6) is 0 Å². The smallest absolute Gasteiger partial charge is 0.259 e. The van der Waals surface area contributed by atoms with Crippen LogP contribution in [0.4, 0.5) is 11.4 Å². The molecule has 5 nitrogen and oxygen atoms in total. The van der Waals surface area contributed by atoms with Gasteiger partial charge in [0, 0.05) is 35.5 Å². The molecule has 1 aromatic carbocycles. The van der Waals surface area contributed by atoms with Crippen LogP contribution in [-0.2, 0) is 0 Å². The van der Waals surface area contributed by atoms with E-state index in [1.54, 1.807) is 0 Å². The quantitative estimate of drug-likeness (QED) is 0.602. The van der Waals surface area contributed by atoms with Gasteiger partial charge >= 0.3 is 0 Å². The van der Waals surface area contributed by atoms with Crippen LogP contribution in [0.3, 0.4) is 0 Å². The Morgan fingerprint density at radius 3 is 2.54 bits per heavy atom. The maximum absolute atomic E-state index is 12.7. The van der Waals surface area contributed by atoms with Gasteiger partial charge in [-0.2, -0.15) is 0 Å². The number of benzene rings is 1. The molecule has 0 aliphatic carbocycles. The minimum Gasteiger partial charge on any atom is -0.385 e. The summed E-state index contributed by atoms with van der Waals surface area (Å²) in [6, 6.07) is 11.6. The van der Waals surface area contributed by atoms with Crippen molar-refractivity contribution in [1.82, 2.24) is 9.38 Å². The largest absolute Gasteiger partial charge is 0.385 e. The van der Waals surface area contributed by atoms with Gasteiger partial charge in [0.1, 0.15) is 5.65 Å². The average molecular weight is 350 g/mol. The van der Waals surface area contributed by atoms with Crippen molar-refractivity contribution >= 4 is 22.9 Å². The first-order valence-electron chi connectivity index (χ1n) is 9.19. The molecule has 3 aromatic rings. The average Bonchev–Trinajstić information content (AvgIpc) is 3.04. The molecule has 2 N–H and O–H groups in total. The number of hydrogen-bond acceptors (Lipinski definition) is 3. The first kappa shape index (κ1) is 18.0. The highest BCUT2D eigenvalue weighted by Gasteiger charge is 2.14. The number of unbranched alkanes of at least 4 members (excludes halogenated alkanes) is 2. The van der Waals surface area contributed by atoms with Crippen molar-refractivity contribution < 1.29 is 4.79 Å². The monoisotopic (exact) mass is 350 g/mol. The van der Waals surface area contributed by atoms with Gasteiger partial charge in [0.2, 0.25) is 0 Å². The Balaban J connectivity index is 1.68. The molecule has 1 amide bonds. The summed E-state index contributed by atoms with van der Waals surface area (Å²) in [6.07, 6.45) is 5.51. The predicted molar refractivity (Wildman–Crippen MR) is 107 cm³/mol. The standard InChI is InChI=1S/C21H26N4O/c1-4-5-6-12-22-17-7-9-18(10-8-17)24-21(26)19-11-13-25-16(3)14-15(2)23-20(19)25/h7-11,13-14,22H,4-6,12H2,1-3H3,(H,24,26). The minimum atomic E-state index is -0.145. The van der Waals surface area contributed by atoms with E-state index in [4.69, 9.17) is 0 Å². The second-order valence-electron chi connectivity index (χ2n) is 6.63. The molecule has 3 rings (SSSR count). The van der Waals surface area contributed by atoms with Crippen LogP contribution >= 0.6 is 0 Å². The number of fused-ring (bicyclic) bond motifs is 1. The summed E-state index contributed by atoms with van der Waals surface area (Å²) in [5.74, 6) is -0.145. The summed E-state index contributed by atoms with van der Waals surface area (Å²) in [4.78, 5) is 17.2. The molecule has 0 saturated heterocycles. The van der Waals surface area contributed by atoms with Crippen LogP contribution < -0.4 is 10.6 Å². The van der Waals surface area contributed by atoms with Gasteiger partial charge in [-0.15, -0.1) is 0 Å². The Labute approximate surface area is 154 Å². The molecule has 0 aliphatic heterocycles. The molecule has 2 heterocycles. The third-order valence-corrected chi connectivity index (χ3v) is 4.44. The van der Waals surface area contributed by atoms with Crippen molar-refractivity contribution in [2.75, 3.05) is 17.2 Å². The topological polar surface area (TPSA) is 58.4 Å². The third kappa shape index (κ3) is 4.04. The van der Waals surface area contributed by atoms with Crippen LogP contribution in [0.25, 0.3) is 5.65 Å². The van der Waals surface area contributed by atoms with Crippen LogP contribution in [-0.4, -0.2) is 21.8 Å². The maximum atomic E-state index is 12.7. The molecule has 136 valence electrons. The number of nitrogens with zero attached hydrogens (tertiary/aromatic N) is 2. The lowest BCUT2D eigenvalue weighted by Gasteiger charge is -2.09. The summed E-state index contributed by atoms with van der Waals surface area (Å²) >= 11 is 0. The van der Waals surface area contributed by atoms with Gasteiger partial charge in [0.25, 0.3) is 5.91 Å². The zero-order valence-corrected chi connectivity index (χ0v) is 15.7. The first-order chi connectivity index (χ1) is 12.6. The Morgan fingerprint density at radius 2 is 1.81 bits per heavy atom.